The summed E-state index contributed by atoms with van der Waals surface area (Å²) in [5.41, 5.74) is 0. The molecule has 2 saturated carbocycles. The quantitative estimate of drug-likeness (QED) is 0.621. The zero-order valence-electron chi connectivity index (χ0n) is 15.2. The molecule has 0 aliphatic heterocycles. The largest absolute Gasteiger partial charge is 0.384 e. The molecule has 0 bridgehead atoms. The van der Waals surface area contributed by atoms with E-state index in [0.29, 0.717) is 37.1 Å². The Morgan fingerprint density at radius 1 is 1.08 bits per heavy atom. The number of Topliss-reactive ketones (excluding diaryl/α,β-unsaturated/α-hetero) is 1. The molecule has 0 heterocycles. The zero-order valence-corrected chi connectivity index (χ0v) is 15.2. The normalized spacial score (nSPS) is 29.8. The maximum atomic E-state index is 11.9. The van der Waals surface area contributed by atoms with Crippen molar-refractivity contribution in [1.82, 2.24) is 5.32 Å². The van der Waals surface area contributed by atoms with Crippen LogP contribution in [0.5, 0.6) is 0 Å². The van der Waals surface area contributed by atoms with E-state index in [2.05, 4.69) is 5.32 Å². The summed E-state index contributed by atoms with van der Waals surface area (Å²) in [5, 5.41) is 3.00. The second kappa shape index (κ2) is 10.1. The minimum Gasteiger partial charge on any atom is -0.384 e. The Balaban J connectivity index is 0.00000312. The number of nitrogens with one attached hydrogen (secondary N) is 1. The molecule has 0 aromatic heterocycles. The highest BCUT2D eigenvalue weighted by Crippen LogP contribution is 2.30. The van der Waals surface area contributed by atoms with Gasteiger partial charge in [-0.3, -0.25) is 9.59 Å². The standard InChI is InChI=1S/C19H33NO4.H2/c1-3-18(21)16-10-17(11-16)20-19(22)8-9-24-13-15-6-4-14(5-7-15)12-23-2;/h14-17H,3-13H2,1-2H3,(H,20,22);1H. The van der Waals surface area contributed by atoms with Gasteiger partial charge in [-0.25, -0.2) is 0 Å². The molecule has 140 valence electrons. The van der Waals surface area contributed by atoms with Gasteiger partial charge >= 0.3 is 0 Å². The lowest BCUT2D eigenvalue weighted by atomic mass is 9.77. The molecule has 2 aliphatic carbocycles. The summed E-state index contributed by atoms with van der Waals surface area (Å²) in [7, 11) is 1.77. The number of carbonyl (C=O) groups excluding carboxylic acids is 2. The number of rotatable bonds is 10. The number of ketones is 1. The molecule has 1 amide bonds. The van der Waals surface area contributed by atoms with Gasteiger partial charge in [-0.05, 0) is 50.4 Å². The average molecular weight is 341 g/mol. The smallest absolute Gasteiger partial charge is 0.222 e. The van der Waals surface area contributed by atoms with Crippen molar-refractivity contribution >= 4 is 11.7 Å². The van der Waals surface area contributed by atoms with E-state index >= 15 is 0 Å². The number of amides is 1. The maximum Gasteiger partial charge on any atom is 0.222 e. The third kappa shape index (κ3) is 6.17. The van der Waals surface area contributed by atoms with Gasteiger partial charge in [-0.2, -0.15) is 0 Å². The molecule has 0 atom stereocenters. The number of carbonyl (C=O) groups is 2. The maximum absolute atomic E-state index is 11.9. The van der Waals surface area contributed by atoms with E-state index < -0.39 is 0 Å². The minimum absolute atomic E-state index is 0. The first kappa shape index (κ1) is 19.4. The molecule has 2 rings (SSSR count). The summed E-state index contributed by atoms with van der Waals surface area (Å²) < 4.78 is 10.9. The van der Waals surface area contributed by atoms with Crippen LogP contribution in [-0.4, -0.2) is 44.7 Å². The van der Waals surface area contributed by atoms with E-state index in [1.165, 1.54) is 25.7 Å². The van der Waals surface area contributed by atoms with Gasteiger partial charge in [0.1, 0.15) is 5.78 Å². The predicted octanol–water partition coefficient (Wildman–Crippen LogP) is 2.97. The second-order valence-electron chi connectivity index (χ2n) is 7.42. The van der Waals surface area contributed by atoms with Gasteiger partial charge in [0.15, 0.2) is 0 Å². The van der Waals surface area contributed by atoms with Gasteiger partial charge in [0.05, 0.1) is 6.61 Å². The lowest BCUT2D eigenvalue weighted by Gasteiger charge is -2.34. The van der Waals surface area contributed by atoms with Crippen LogP contribution in [0.15, 0.2) is 0 Å². The number of hydrogen-bond acceptors (Lipinski definition) is 4. The van der Waals surface area contributed by atoms with Crippen molar-refractivity contribution in [3.8, 4) is 0 Å². The molecule has 0 spiro atoms. The summed E-state index contributed by atoms with van der Waals surface area (Å²) in [4.78, 5) is 23.4. The van der Waals surface area contributed by atoms with Crippen LogP contribution >= 0.6 is 0 Å². The summed E-state index contributed by atoms with van der Waals surface area (Å²) in [6, 6.07) is 0.189. The summed E-state index contributed by atoms with van der Waals surface area (Å²) in [5.74, 6) is 1.89. The van der Waals surface area contributed by atoms with Crippen LogP contribution in [0.4, 0.5) is 0 Å². The molecule has 0 unspecified atom stereocenters. The lowest BCUT2D eigenvalue weighted by molar-refractivity contribution is -0.129. The first-order valence-corrected chi connectivity index (χ1v) is 9.51. The van der Waals surface area contributed by atoms with Crippen molar-refractivity contribution in [3.63, 3.8) is 0 Å². The van der Waals surface area contributed by atoms with Crippen molar-refractivity contribution in [1.29, 1.82) is 0 Å². The highest BCUT2D eigenvalue weighted by Gasteiger charge is 2.34. The van der Waals surface area contributed by atoms with Gasteiger partial charge in [-0.1, -0.05) is 6.92 Å². The molecule has 5 heteroatoms. The molecule has 24 heavy (non-hydrogen) atoms. The van der Waals surface area contributed by atoms with Gasteiger partial charge in [0.2, 0.25) is 5.91 Å². The van der Waals surface area contributed by atoms with Crippen LogP contribution in [0.3, 0.4) is 0 Å². The molecule has 2 aliphatic rings. The van der Waals surface area contributed by atoms with E-state index in [-0.39, 0.29) is 19.3 Å². The van der Waals surface area contributed by atoms with Crippen LogP contribution in [0, 0.1) is 17.8 Å². The van der Waals surface area contributed by atoms with Crippen LogP contribution < -0.4 is 5.32 Å². The number of ether oxygens (including phenoxy) is 2. The van der Waals surface area contributed by atoms with Crippen molar-refractivity contribution in [2.45, 2.75) is 64.3 Å². The van der Waals surface area contributed by atoms with Crippen molar-refractivity contribution in [2.24, 2.45) is 17.8 Å². The summed E-state index contributed by atoms with van der Waals surface area (Å²) in [6.07, 6.45) is 7.50. The van der Waals surface area contributed by atoms with Crippen LogP contribution in [0.1, 0.15) is 59.7 Å². The monoisotopic (exact) mass is 341 g/mol. The second-order valence-corrected chi connectivity index (χ2v) is 7.42. The Morgan fingerprint density at radius 3 is 2.29 bits per heavy atom. The molecule has 5 nitrogen and oxygen atoms in total. The fourth-order valence-electron chi connectivity index (χ4n) is 3.80. The predicted molar refractivity (Wildman–Crippen MR) is 94.8 cm³/mol. The van der Waals surface area contributed by atoms with E-state index in [1.807, 2.05) is 6.92 Å². The fraction of sp³-hybridized carbons (Fsp3) is 0.895. The Bertz CT molecular complexity index is 404. The topological polar surface area (TPSA) is 64.6 Å². The third-order valence-electron chi connectivity index (χ3n) is 5.50. The average Bonchev–Trinajstić information content (AvgIpc) is 2.55. The molecule has 0 aromatic carbocycles. The molecular formula is C19H35NO4. The Kier molecular flexibility index (Phi) is 8.19. The first-order chi connectivity index (χ1) is 11.6. The molecule has 0 radical (unpaired) electrons. The van der Waals surface area contributed by atoms with E-state index in [0.717, 1.165) is 26.1 Å². The molecule has 1 N–H and O–H groups in total. The summed E-state index contributed by atoms with van der Waals surface area (Å²) in [6.45, 7) is 4.03. The highest BCUT2D eigenvalue weighted by molar-refractivity contribution is 5.82. The van der Waals surface area contributed by atoms with E-state index in [9.17, 15) is 9.59 Å². The number of methoxy groups -OCH3 is 1. The lowest BCUT2D eigenvalue weighted by Crippen LogP contribution is -2.46. The number of hydrogen-bond donors (Lipinski definition) is 1. The van der Waals surface area contributed by atoms with Gasteiger partial charge in [0, 0.05) is 46.6 Å². The molecular weight excluding hydrogens is 306 g/mol. The Labute approximate surface area is 147 Å². The van der Waals surface area contributed by atoms with Gasteiger partial charge < -0.3 is 14.8 Å². The van der Waals surface area contributed by atoms with Gasteiger partial charge in [-0.15, -0.1) is 0 Å². The molecule has 0 saturated heterocycles. The van der Waals surface area contributed by atoms with Gasteiger partial charge in [0.25, 0.3) is 0 Å². The van der Waals surface area contributed by atoms with Crippen molar-refractivity contribution in [3.05, 3.63) is 0 Å². The Morgan fingerprint density at radius 2 is 1.71 bits per heavy atom. The van der Waals surface area contributed by atoms with E-state index in [4.69, 9.17) is 9.47 Å². The minimum atomic E-state index is 0. The highest BCUT2D eigenvalue weighted by atomic mass is 16.5. The summed E-state index contributed by atoms with van der Waals surface area (Å²) >= 11 is 0. The third-order valence-corrected chi connectivity index (χ3v) is 5.50. The van der Waals surface area contributed by atoms with Crippen molar-refractivity contribution < 1.29 is 20.5 Å². The first-order valence-electron chi connectivity index (χ1n) is 9.51. The van der Waals surface area contributed by atoms with E-state index in [1.54, 1.807) is 7.11 Å². The molecule has 2 fully saturated rings. The van der Waals surface area contributed by atoms with Crippen molar-refractivity contribution in [2.75, 3.05) is 26.9 Å². The van der Waals surface area contributed by atoms with Crippen LogP contribution in [-0.2, 0) is 19.1 Å². The Hall–Kier alpha value is -0.940. The SMILES string of the molecule is CCC(=O)C1CC(NC(=O)CCOCC2CCC(COC)CC2)C1.[HH]. The molecule has 0 aromatic rings. The van der Waals surface area contributed by atoms with Crippen LogP contribution in [0.2, 0.25) is 0 Å². The zero-order chi connectivity index (χ0) is 17.4. The fourth-order valence-corrected chi connectivity index (χ4v) is 3.80. The van der Waals surface area contributed by atoms with Crippen LogP contribution in [0.25, 0.3) is 0 Å².